The van der Waals surface area contributed by atoms with E-state index in [9.17, 15) is 24.7 Å². The molecule has 2 rings (SSSR count). The SMILES string of the molecule is COc1ccc(C(=O)N[C@@H](Cc2cccc(C(=O)O)c2O)B(O)O)cc1. The molecule has 0 aliphatic rings. The number of nitrogens with one attached hydrogen (secondary N) is 1. The van der Waals surface area contributed by atoms with E-state index in [2.05, 4.69) is 5.32 Å². The van der Waals surface area contributed by atoms with Gasteiger partial charge in [0.05, 0.1) is 13.1 Å². The van der Waals surface area contributed by atoms with Crippen LogP contribution >= 0.6 is 0 Å². The third kappa shape index (κ3) is 4.53. The molecule has 0 saturated heterocycles. The summed E-state index contributed by atoms with van der Waals surface area (Å²) in [6.45, 7) is 0. The van der Waals surface area contributed by atoms with Gasteiger partial charge in [-0.05, 0) is 42.3 Å². The third-order valence-electron chi connectivity index (χ3n) is 3.82. The van der Waals surface area contributed by atoms with Gasteiger partial charge in [0, 0.05) is 5.56 Å². The minimum absolute atomic E-state index is 0.165. The second-order valence-corrected chi connectivity index (χ2v) is 5.54. The Morgan fingerprint density at radius 2 is 1.81 bits per heavy atom. The largest absolute Gasteiger partial charge is 0.507 e. The van der Waals surface area contributed by atoms with E-state index in [1.54, 1.807) is 12.1 Å². The molecule has 26 heavy (non-hydrogen) atoms. The van der Waals surface area contributed by atoms with E-state index in [1.165, 1.54) is 37.4 Å². The van der Waals surface area contributed by atoms with Crippen molar-refractivity contribution < 1.29 is 34.6 Å². The number of carbonyl (C=O) groups excluding carboxylic acids is 1. The van der Waals surface area contributed by atoms with E-state index in [0.717, 1.165) is 0 Å². The van der Waals surface area contributed by atoms with Gasteiger partial charge in [0.2, 0.25) is 0 Å². The van der Waals surface area contributed by atoms with Crippen molar-refractivity contribution in [1.29, 1.82) is 0 Å². The maximum Gasteiger partial charge on any atom is 0.475 e. The van der Waals surface area contributed by atoms with Gasteiger partial charge >= 0.3 is 13.1 Å². The highest BCUT2D eigenvalue weighted by Gasteiger charge is 2.28. The third-order valence-corrected chi connectivity index (χ3v) is 3.82. The van der Waals surface area contributed by atoms with Gasteiger partial charge in [-0.25, -0.2) is 4.79 Å². The van der Waals surface area contributed by atoms with Crippen molar-refractivity contribution in [2.45, 2.75) is 12.4 Å². The van der Waals surface area contributed by atoms with E-state index in [0.29, 0.717) is 5.75 Å². The zero-order valence-corrected chi connectivity index (χ0v) is 13.9. The standard InChI is InChI=1S/C17H18BNO7/c1-26-12-7-5-10(6-8-12)16(21)19-14(18(24)25)9-11-3-2-4-13(15(11)20)17(22)23/h2-8,14,20,24-25H,9H2,1H3,(H,19,21)(H,22,23)/t14-/m0/s1. The molecule has 8 nitrogen and oxygen atoms in total. The Morgan fingerprint density at radius 3 is 2.35 bits per heavy atom. The summed E-state index contributed by atoms with van der Waals surface area (Å²) in [6, 6.07) is 10.3. The van der Waals surface area contributed by atoms with Crippen LogP contribution in [-0.4, -0.2) is 52.3 Å². The van der Waals surface area contributed by atoms with E-state index in [4.69, 9.17) is 9.84 Å². The van der Waals surface area contributed by atoms with E-state index in [1.807, 2.05) is 0 Å². The Kier molecular flexibility index (Phi) is 6.21. The van der Waals surface area contributed by atoms with Crippen LogP contribution in [0.25, 0.3) is 0 Å². The summed E-state index contributed by atoms with van der Waals surface area (Å²) in [5.41, 5.74) is 0.133. The Balaban J connectivity index is 2.17. The Morgan fingerprint density at radius 1 is 1.15 bits per heavy atom. The first-order valence-corrected chi connectivity index (χ1v) is 7.68. The van der Waals surface area contributed by atoms with Gasteiger partial charge in [-0.3, -0.25) is 4.79 Å². The number of aromatic carboxylic acids is 1. The molecule has 0 aliphatic heterocycles. The average molecular weight is 359 g/mol. The number of amides is 1. The van der Waals surface area contributed by atoms with Crippen LogP contribution in [0, 0.1) is 0 Å². The van der Waals surface area contributed by atoms with Gasteiger partial charge in [0.25, 0.3) is 5.91 Å². The van der Waals surface area contributed by atoms with Crippen LogP contribution in [0.15, 0.2) is 42.5 Å². The van der Waals surface area contributed by atoms with Crippen molar-refractivity contribution in [2.24, 2.45) is 0 Å². The molecule has 0 heterocycles. The number of carboxylic acids is 1. The topological polar surface area (TPSA) is 136 Å². The van der Waals surface area contributed by atoms with Gasteiger partial charge in [-0.15, -0.1) is 0 Å². The van der Waals surface area contributed by atoms with Crippen molar-refractivity contribution in [1.82, 2.24) is 5.32 Å². The second kappa shape index (κ2) is 8.37. The van der Waals surface area contributed by atoms with Gasteiger partial charge in [-0.2, -0.15) is 0 Å². The summed E-state index contributed by atoms with van der Waals surface area (Å²) in [5, 5.41) is 40.6. The molecule has 2 aromatic rings. The number of ether oxygens (including phenoxy) is 1. The van der Waals surface area contributed by atoms with Crippen LogP contribution in [0.4, 0.5) is 0 Å². The molecule has 0 bridgehead atoms. The molecule has 0 saturated carbocycles. The number of methoxy groups -OCH3 is 1. The van der Waals surface area contributed by atoms with Gasteiger partial charge in [0.15, 0.2) is 0 Å². The summed E-state index contributed by atoms with van der Waals surface area (Å²) < 4.78 is 5.00. The van der Waals surface area contributed by atoms with Crippen LogP contribution in [0.2, 0.25) is 0 Å². The van der Waals surface area contributed by atoms with Gasteiger partial charge < -0.3 is 30.3 Å². The molecule has 9 heteroatoms. The number of benzene rings is 2. The van der Waals surface area contributed by atoms with Crippen LogP contribution in [-0.2, 0) is 6.42 Å². The molecular formula is C17H18BNO7. The van der Waals surface area contributed by atoms with Crippen molar-refractivity contribution >= 4 is 19.0 Å². The van der Waals surface area contributed by atoms with E-state index >= 15 is 0 Å². The molecule has 0 spiro atoms. The normalized spacial score (nSPS) is 11.5. The van der Waals surface area contributed by atoms with Crippen molar-refractivity contribution in [3.8, 4) is 11.5 Å². The lowest BCUT2D eigenvalue weighted by Crippen LogP contribution is -2.47. The molecule has 5 N–H and O–H groups in total. The number of carboxylic acid groups (broad SMARTS) is 1. The Hall–Kier alpha value is -3.04. The molecule has 0 fully saturated rings. The van der Waals surface area contributed by atoms with Gasteiger partial charge in [0.1, 0.15) is 17.1 Å². The van der Waals surface area contributed by atoms with Crippen LogP contribution in [0.1, 0.15) is 26.3 Å². The zero-order valence-electron chi connectivity index (χ0n) is 13.9. The summed E-state index contributed by atoms with van der Waals surface area (Å²) in [7, 11) is -0.421. The lowest BCUT2D eigenvalue weighted by molar-refractivity contribution is 0.0693. The minimum Gasteiger partial charge on any atom is -0.507 e. The number of aromatic hydroxyl groups is 1. The Bertz CT molecular complexity index is 792. The molecule has 0 unspecified atom stereocenters. The molecular weight excluding hydrogens is 341 g/mol. The predicted octanol–water partition coefficient (Wildman–Crippen LogP) is 0.452. The highest BCUT2D eigenvalue weighted by Crippen LogP contribution is 2.24. The number of rotatable bonds is 7. The van der Waals surface area contributed by atoms with E-state index < -0.39 is 30.7 Å². The first-order valence-electron chi connectivity index (χ1n) is 7.68. The summed E-state index contributed by atoms with van der Waals surface area (Å²) >= 11 is 0. The number of para-hydroxylation sites is 1. The molecule has 2 aromatic carbocycles. The molecule has 0 radical (unpaired) electrons. The lowest BCUT2D eigenvalue weighted by atomic mass is 9.75. The maximum absolute atomic E-state index is 12.3. The number of phenols is 1. The van der Waals surface area contributed by atoms with Crippen molar-refractivity contribution in [3.05, 3.63) is 59.2 Å². The quantitative estimate of drug-likeness (QED) is 0.453. The highest BCUT2D eigenvalue weighted by atomic mass is 16.5. The molecule has 0 aromatic heterocycles. The number of hydrogen-bond donors (Lipinski definition) is 5. The fourth-order valence-corrected chi connectivity index (χ4v) is 2.39. The van der Waals surface area contributed by atoms with Crippen LogP contribution in [0.3, 0.4) is 0 Å². The minimum atomic E-state index is -1.91. The van der Waals surface area contributed by atoms with Crippen LogP contribution < -0.4 is 10.1 Å². The molecule has 1 amide bonds. The fourth-order valence-electron chi connectivity index (χ4n) is 2.39. The molecule has 1 atom stereocenters. The summed E-state index contributed by atoms with van der Waals surface area (Å²) in [5.74, 6) is -2.94. The average Bonchev–Trinajstić information content (AvgIpc) is 2.62. The number of hydrogen-bond acceptors (Lipinski definition) is 6. The van der Waals surface area contributed by atoms with Crippen molar-refractivity contribution in [2.75, 3.05) is 7.11 Å². The van der Waals surface area contributed by atoms with Crippen molar-refractivity contribution in [3.63, 3.8) is 0 Å². The second-order valence-electron chi connectivity index (χ2n) is 5.54. The van der Waals surface area contributed by atoms with Crippen LogP contribution in [0.5, 0.6) is 11.5 Å². The smallest absolute Gasteiger partial charge is 0.475 e. The fraction of sp³-hybridized carbons (Fsp3) is 0.176. The first-order chi connectivity index (χ1) is 12.3. The van der Waals surface area contributed by atoms with Gasteiger partial charge in [-0.1, -0.05) is 12.1 Å². The Labute approximate surface area is 149 Å². The summed E-state index contributed by atoms with van der Waals surface area (Å²) in [6.07, 6.45) is -0.174. The maximum atomic E-state index is 12.3. The number of carbonyl (C=O) groups is 2. The molecule has 136 valence electrons. The lowest BCUT2D eigenvalue weighted by Gasteiger charge is -2.19. The monoisotopic (exact) mass is 359 g/mol. The highest BCUT2D eigenvalue weighted by molar-refractivity contribution is 6.43. The van der Waals surface area contributed by atoms with E-state index in [-0.39, 0.29) is 23.1 Å². The predicted molar refractivity (Wildman–Crippen MR) is 93.2 cm³/mol. The molecule has 0 aliphatic carbocycles. The zero-order chi connectivity index (χ0) is 19.3. The first kappa shape index (κ1) is 19.3. The summed E-state index contributed by atoms with van der Waals surface area (Å²) in [4.78, 5) is 23.3.